The summed E-state index contributed by atoms with van der Waals surface area (Å²) >= 11 is 0. The minimum Gasteiger partial charge on any atom is -0.383 e. The predicted molar refractivity (Wildman–Crippen MR) is 111 cm³/mol. The van der Waals surface area contributed by atoms with E-state index in [-0.39, 0.29) is 24.0 Å². The Morgan fingerprint density at radius 2 is 2.08 bits per heavy atom. The summed E-state index contributed by atoms with van der Waals surface area (Å²) < 4.78 is 5.04. The summed E-state index contributed by atoms with van der Waals surface area (Å²) in [7, 11) is 3.52. The zero-order chi connectivity index (χ0) is 16.3. The average Bonchev–Trinajstić information content (AvgIpc) is 3.05. The molecule has 0 bridgehead atoms. The molecule has 1 unspecified atom stereocenters. The van der Waals surface area contributed by atoms with E-state index in [9.17, 15) is 0 Å². The first-order valence-electron chi connectivity index (χ1n) is 8.51. The molecule has 24 heavy (non-hydrogen) atoms. The molecule has 1 heterocycles. The number of nitrogens with one attached hydrogen (secondary N) is 2. The molecule has 0 saturated carbocycles. The molecule has 6 heteroatoms. The second kappa shape index (κ2) is 12.5. The Hall–Kier alpha value is -0.860. The quantitative estimate of drug-likeness (QED) is 0.278. The van der Waals surface area contributed by atoms with E-state index >= 15 is 0 Å². The van der Waals surface area contributed by atoms with E-state index in [0.717, 1.165) is 32.0 Å². The van der Waals surface area contributed by atoms with Gasteiger partial charge in [0.15, 0.2) is 5.96 Å². The highest BCUT2D eigenvalue weighted by atomic mass is 127. The van der Waals surface area contributed by atoms with Crippen LogP contribution in [0.3, 0.4) is 0 Å². The number of ether oxygens (including phenoxy) is 1. The van der Waals surface area contributed by atoms with Gasteiger partial charge in [-0.3, -0.25) is 4.99 Å². The summed E-state index contributed by atoms with van der Waals surface area (Å²) in [5.41, 5.74) is 1.43. The van der Waals surface area contributed by atoms with Gasteiger partial charge >= 0.3 is 0 Å². The van der Waals surface area contributed by atoms with Crippen LogP contribution in [-0.4, -0.2) is 64.3 Å². The van der Waals surface area contributed by atoms with E-state index in [0.29, 0.717) is 12.5 Å². The van der Waals surface area contributed by atoms with Crippen molar-refractivity contribution in [2.75, 3.05) is 53.5 Å². The topological polar surface area (TPSA) is 48.9 Å². The second-order valence-electron chi connectivity index (χ2n) is 6.06. The van der Waals surface area contributed by atoms with Gasteiger partial charge in [-0.2, -0.15) is 0 Å². The Kier molecular flexibility index (Phi) is 11.0. The normalized spacial score (nSPS) is 18.2. The maximum absolute atomic E-state index is 5.04. The lowest BCUT2D eigenvalue weighted by Crippen LogP contribution is -2.41. The van der Waals surface area contributed by atoms with Gasteiger partial charge in [0.05, 0.1) is 6.61 Å². The smallest absolute Gasteiger partial charge is 0.191 e. The van der Waals surface area contributed by atoms with Crippen molar-refractivity contribution < 1.29 is 4.74 Å². The van der Waals surface area contributed by atoms with Crippen molar-refractivity contribution in [3.63, 3.8) is 0 Å². The highest BCUT2D eigenvalue weighted by molar-refractivity contribution is 14.0. The standard InChI is InChI=1S/C18H30N4O.HI/c1-19-18(20-10-13-23-2)21-14-17-9-12-22(15-17)11-8-16-6-4-3-5-7-16;/h3-7,17H,8-15H2,1-2H3,(H2,19,20,21);1H. The predicted octanol–water partition coefficient (Wildman–Crippen LogP) is 1.98. The Bertz CT molecular complexity index is 469. The van der Waals surface area contributed by atoms with Gasteiger partial charge in [-0.25, -0.2) is 0 Å². The third-order valence-corrected chi connectivity index (χ3v) is 4.31. The van der Waals surface area contributed by atoms with Crippen molar-refractivity contribution in [1.29, 1.82) is 0 Å². The van der Waals surface area contributed by atoms with Gasteiger partial charge < -0.3 is 20.3 Å². The Morgan fingerprint density at radius 3 is 2.79 bits per heavy atom. The summed E-state index contributed by atoms with van der Waals surface area (Å²) in [6.45, 7) is 5.99. The fourth-order valence-corrected chi connectivity index (χ4v) is 2.95. The van der Waals surface area contributed by atoms with Gasteiger partial charge in [-0.05, 0) is 30.9 Å². The van der Waals surface area contributed by atoms with Gasteiger partial charge in [-0.1, -0.05) is 30.3 Å². The van der Waals surface area contributed by atoms with Gasteiger partial charge in [0.1, 0.15) is 0 Å². The van der Waals surface area contributed by atoms with Crippen molar-refractivity contribution in [3.05, 3.63) is 35.9 Å². The van der Waals surface area contributed by atoms with E-state index in [2.05, 4.69) is 50.9 Å². The minimum atomic E-state index is 0. The number of likely N-dealkylation sites (tertiary alicyclic amines) is 1. The van der Waals surface area contributed by atoms with Crippen LogP contribution in [0.2, 0.25) is 0 Å². The lowest BCUT2D eigenvalue weighted by Gasteiger charge is -2.17. The Balaban J connectivity index is 0.00000288. The number of benzene rings is 1. The molecular formula is C18H31IN4O. The number of nitrogens with zero attached hydrogens (tertiary/aromatic N) is 2. The molecular weight excluding hydrogens is 415 g/mol. The van der Waals surface area contributed by atoms with Gasteiger partial charge in [-0.15, -0.1) is 24.0 Å². The molecule has 2 N–H and O–H groups in total. The van der Waals surface area contributed by atoms with Crippen molar-refractivity contribution in [1.82, 2.24) is 15.5 Å². The molecule has 1 aliphatic rings. The van der Waals surface area contributed by atoms with Crippen molar-refractivity contribution in [2.45, 2.75) is 12.8 Å². The second-order valence-corrected chi connectivity index (χ2v) is 6.06. The monoisotopic (exact) mass is 446 g/mol. The van der Waals surface area contributed by atoms with Gasteiger partial charge in [0.2, 0.25) is 0 Å². The number of methoxy groups -OCH3 is 1. The molecule has 0 amide bonds. The first-order chi connectivity index (χ1) is 11.3. The molecule has 136 valence electrons. The van der Waals surface area contributed by atoms with Gasteiger partial charge in [0.25, 0.3) is 0 Å². The van der Waals surface area contributed by atoms with Crippen molar-refractivity contribution in [2.24, 2.45) is 10.9 Å². The molecule has 0 aromatic heterocycles. The Morgan fingerprint density at radius 1 is 1.29 bits per heavy atom. The molecule has 1 aliphatic heterocycles. The van der Waals surface area contributed by atoms with E-state index in [4.69, 9.17) is 4.74 Å². The Labute approximate surface area is 163 Å². The first kappa shape index (κ1) is 21.2. The number of guanidine groups is 1. The average molecular weight is 446 g/mol. The number of hydrogen-bond acceptors (Lipinski definition) is 3. The van der Waals surface area contributed by atoms with Crippen LogP contribution in [0.1, 0.15) is 12.0 Å². The highest BCUT2D eigenvalue weighted by Crippen LogP contribution is 2.15. The fourth-order valence-electron chi connectivity index (χ4n) is 2.95. The third kappa shape index (κ3) is 7.81. The molecule has 1 fully saturated rings. The molecule has 0 spiro atoms. The SMILES string of the molecule is CN=C(NCCOC)NCC1CCN(CCc2ccccc2)C1.I. The van der Waals surface area contributed by atoms with Crippen LogP contribution < -0.4 is 10.6 Å². The molecule has 1 aromatic rings. The van der Waals surface area contributed by atoms with Crippen LogP contribution in [0.5, 0.6) is 0 Å². The molecule has 0 aliphatic carbocycles. The molecule has 1 saturated heterocycles. The van der Waals surface area contributed by atoms with Gasteiger partial charge in [0, 0.05) is 40.3 Å². The minimum absolute atomic E-state index is 0. The van der Waals surface area contributed by atoms with Crippen LogP contribution in [0.15, 0.2) is 35.3 Å². The molecule has 0 radical (unpaired) electrons. The van der Waals surface area contributed by atoms with Crippen LogP contribution in [0.25, 0.3) is 0 Å². The van der Waals surface area contributed by atoms with E-state index in [1.165, 1.54) is 25.1 Å². The van der Waals surface area contributed by atoms with E-state index < -0.39 is 0 Å². The van der Waals surface area contributed by atoms with Crippen LogP contribution in [-0.2, 0) is 11.2 Å². The molecule has 1 atom stereocenters. The van der Waals surface area contributed by atoms with Crippen molar-refractivity contribution >= 4 is 29.9 Å². The zero-order valence-electron chi connectivity index (χ0n) is 14.8. The summed E-state index contributed by atoms with van der Waals surface area (Å²) in [5.74, 6) is 1.57. The lowest BCUT2D eigenvalue weighted by atomic mass is 10.1. The number of aliphatic imine (C=N–C) groups is 1. The fraction of sp³-hybridized carbons (Fsp3) is 0.611. The molecule has 1 aromatic carbocycles. The number of rotatable bonds is 8. The summed E-state index contributed by atoms with van der Waals surface area (Å²) in [4.78, 5) is 6.81. The van der Waals surface area contributed by atoms with Crippen LogP contribution >= 0.6 is 24.0 Å². The largest absolute Gasteiger partial charge is 0.383 e. The van der Waals surface area contributed by atoms with Crippen LogP contribution in [0, 0.1) is 5.92 Å². The maximum atomic E-state index is 5.04. The van der Waals surface area contributed by atoms with E-state index in [1.807, 2.05) is 7.05 Å². The van der Waals surface area contributed by atoms with Crippen molar-refractivity contribution in [3.8, 4) is 0 Å². The lowest BCUT2D eigenvalue weighted by molar-refractivity contribution is 0.203. The summed E-state index contributed by atoms with van der Waals surface area (Å²) in [6.07, 6.45) is 2.40. The van der Waals surface area contributed by atoms with E-state index in [1.54, 1.807) is 7.11 Å². The first-order valence-corrected chi connectivity index (χ1v) is 8.51. The number of halogens is 1. The molecule has 2 rings (SSSR count). The zero-order valence-corrected chi connectivity index (χ0v) is 17.2. The number of hydrogen-bond donors (Lipinski definition) is 2. The summed E-state index contributed by atoms with van der Waals surface area (Å²) in [6, 6.07) is 10.7. The van der Waals surface area contributed by atoms with Crippen LogP contribution in [0.4, 0.5) is 0 Å². The third-order valence-electron chi connectivity index (χ3n) is 4.31. The highest BCUT2D eigenvalue weighted by Gasteiger charge is 2.22. The summed E-state index contributed by atoms with van der Waals surface area (Å²) in [5, 5.41) is 6.67. The maximum Gasteiger partial charge on any atom is 0.191 e. The molecule has 5 nitrogen and oxygen atoms in total.